The van der Waals surface area contributed by atoms with Crippen LogP contribution in [-0.4, -0.2) is 69.3 Å². The van der Waals surface area contributed by atoms with E-state index in [-0.39, 0.29) is 18.5 Å². The van der Waals surface area contributed by atoms with Crippen LogP contribution in [0.5, 0.6) is 0 Å². The number of carbonyl (C=O) groups is 2. The van der Waals surface area contributed by atoms with Crippen molar-refractivity contribution < 1.29 is 19.1 Å². The molecule has 0 spiro atoms. The highest BCUT2D eigenvalue weighted by atomic mass is 16.6. The van der Waals surface area contributed by atoms with Crippen LogP contribution in [0.1, 0.15) is 206 Å². The Hall–Kier alpha value is -1.18. The van der Waals surface area contributed by atoms with E-state index >= 15 is 0 Å². The second-order valence-electron chi connectivity index (χ2n) is 14.8. The first-order valence-corrected chi connectivity index (χ1v) is 21.5. The van der Waals surface area contributed by atoms with E-state index in [0.717, 1.165) is 58.2 Å². The molecule has 0 bridgehead atoms. The standard InChI is InChI=1S/C42H85N3O4/c1-4-6-8-10-12-14-16-18-20-22-24-26-28-32-41(46)48-39-40(38-44-35-31-37-45(3)36-30-34-43)49-42(47)33-29-27-25-23-21-19-17-15-13-11-9-7-5-2/h40,44H,4-39,43H2,1-3H3. The molecule has 0 heterocycles. The molecule has 0 aliphatic carbocycles. The van der Waals surface area contributed by atoms with Crippen molar-refractivity contribution in [2.24, 2.45) is 5.73 Å². The molecule has 49 heavy (non-hydrogen) atoms. The Kier molecular flexibility index (Phi) is 38.6. The number of unbranched alkanes of at least 4 members (excludes halogenated alkanes) is 24. The van der Waals surface area contributed by atoms with E-state index in [1.165, 1.54) is 141 Å². The molecule has 1 unspecified atom stereocenters. The van der Waals surface area contributed by atoms with Crippen molar-refractivity contribution in [2.45, 2.75) is 213 Å². The lowest BCUT2D eigenvalue weighted by atomic mass is 10.0. The molecule has 7 heteroatoms. The fraction of sp³-hybridized carbons (Fsp3) is 0.952. The summed E-state index contributed by atoms with van der Waals surface area (Å²) in [4.78, 5) is 27.5. The summed E-state index contributed by atoms with van der Waals surface area (Å²) in [6, 6.07) is 0. The van der Waals surface area contributed by atoms with E-state index < -0.39 is 6.10 Å². The molecule has 0 aliphatic rings. The molecule has 0 saturated heterocycles. The number of nitrogens with two attached hydrogens (primary N) is 1. The molecule has 0 aliphatic heterocycles. The van der Waals surface area contributed by atoms with Crippen molar-refractivity contribution in [1.29, 1.82) is 0 Å². The third-order valence-corrected chi connectivity index (χ3v) is 9.71. The highest BCUT2D eigenvalue weighted by Gasteiger charge is 2.17. The Balaban J connectivity index is 4.17. The SMILES string of the molecule is CCCCCCCCCCCCCCCC(=O)OCC(CNCCCN(C)CCCN)OC(=O)CCCCCCCCCCCCCCC. The van der Waals surface area contributed by atoms with Crippen LogP contribution < -0.4 is 11.1 Å². The van der Waals surface area contributed by atoms with Crippen LogP contribution in [0, 0.1) is 0 Å². The molecular weight excluding hydrogens is 610 g/mol. The van der Waals surface area contributed by atoms with Gasteiger partial charge in [0.25, 0.3) is 0 Å². The summed E-state index contributed by atoms with van der Waals surface area (Å²) in [5.74, 6) is -0.355. The number of nitrogens with zero attached hydrogens (tertiary/aromatic N) is 1. The Labute approximate surface area is 305 Å². The van der Waals surface area contributed by atoms with Crippen LogP contribution in [0.4, 0.5) is 0 Å². The summed E-state index contributed by atoms with van der Waals surface area (Å²) in [7, 11) is 2.12. The Morgan fingerprint density at radius 1 is 0.551 bits per heavy atom. The highest BCUT2D eigenvalue weighted by Crippen LogP contribution is 2.15. The van der Waals surface area contributed by atoms with Gasteiger partial charge in [-0.3, -0.25) is 9.59 Å². The molecule has 0 aromatic rings. The summed E-state index contributed by atoms with van der Waals surface area (Å²) in [5, 5.41) is 3.42. The maximum atomic E-state index is 12.7. The van der Waals surface area contributed by atoms with Gasteiger partial charge in [0.15, 0.2) is 0 Å². The fourth-order valence-corrected chi connectivity index (χ4v) is 6.42. The van der Waals surface area contributed by atoms with Gasteiger partial charge in [-0.2, -0.15) is 0 Å². The number of rotatable bonds is 40. The molecule has 0 aromatic carbocycles. The molecule has 0 radical (unpaired) electrons. The Morgan fingerprint density at radius 2 is 0.939 bits per heavy atom. The van der Waals surface area contributed by atoms with E-state index in [4.69, 9.17) is 15.2 Å². The molecule has 0 aromatic heterocycles. The van der Waals surface area contributed by atoms with Crippen LogP contribution in [0.15, 0.2) is 0 Å². The van der Waals surface area contributed by atoms with Gasteiger partial charge < -0.3 is 25.4 Å². The van der Waals surface area contributed by atoms with Gasteiger partial charge in [0, 0.05) is 19.4 Å². The van der Waals surface area contributed by atoms with Gasteiger partial charge >= 0.3 is 11.9 Å². The number of hydrogen-bond donors (Lipinski definition) is 2. The lowest BCUT2D eigenvalue weighted by Crippen LogP contribution is -2.36. The Bertz CT molecular complexity index is 693. The van der Waals surface area contributed by atoms with Crippen molar-refractivity contribution in [3.63, 3.8) is 0 Å². The summed E-state index contributed by atoms with van der Waals surface area (Å²) in [6.45, 7) is 8.71. The number of hydrogen-bond acceptors (Lipinski definition) is 7. The molecule has 7 nitrogen and oxygen atoms in total. The zero-order valence-corrected chi connectivity index (χ0v) is 33.2. The molecular formula is C42H85N3O4. The highest BCUT2D eigenvalue weighted by molar-refractivity contribution is 5.70. The van der Waals surface area contributed by atoms with E-state index in [1.54, 1.807) is 0 Å². The van der Waals surface area contributed by atoms with Crippen molar-refractivity contribution in [1.82, 2.24) is 10.2 Å². The smallest absolute Gasteiger partial charge is 0.306 e. The lowest BCUT2D eigenvalue weighted by molar-refractivity contribution is -0.159. The second-order valence-corrected chi connectivity index (χ2v) is 14.8. The molecule has 0 amide bonds. The third-order valence-electron chi connectivity index (χ3n) is 9.71. The topological polar surface area (TPSA) is 93.9 Å². The lowest BCUT2D eigenvalue weighted by Gasteiger charge is -2.20. The zero-order valence-electron chi connectivity index (χ0n) is 33.2. The van der Waals surface area contributed by atoms with Gasteiger partial charge in [0.1, 0.15) is 12.7 Å². The number of esters is 2. The first-order valence-electron chi connectivity index (χ1n) is 21.5. The van der Waals surface area contributed by atoms with E-state index in [9.17, 15) is 9.59 Å². The van der Waals surface area contributed by atoms with Crippen molar-refractivity contribution in [3.8, 4) is 0 Å². The third kappa shape index (κ3) is 37.9. The average molecular weight is 696 g/mol. The summed E-state index contributed by atoms with van der Waals surface area (Å²) < 4.78 is 11.4. The van der Waals surface area contributed by atoms with Gasteiger partial charge in [-0.05, 0) is 58.9 Å². The van der Waals surface area contributed by atoms with Gasteiger partial charge in [-0.1, -0.05) is 168 Å². The summed E-state index contributed by atoms with van der Waals surface area (Å²) >= 11 is 0. The van der Waals surface area contributed by atoms with Crippen LogP contribution >= 0.6 is 0 Å². The van der Waals surface area contributed by atoms with Crippen LogP contribution in [-0.2, 0) is 19.1 Å². The number of ether oxygens (including phenoxy) is 2. The van der Waals surface area contributed by atoms with Gasteiger partial charge in [0.05, 0.1) is 0 Å². The molecule has 0 fully saturated rings. The normalized spacial score (nSPS) is 12.1. The van der Waals surface area contributed by atoms with Crippen LogP contribution in [0.25, 0.3) is 0 Å². The largest absolute Gasteiger partial charge is 0.462 e. The fourth-order valence-electron chi connectivity index (χ4n) is 6.42. The van der Waals surface area contributed by atoms with Gasteiger partial charge in [-0.15, -0.1) is 0 Å². The minimum Gasteiger partial charge on any atom is -0.462 e. The molecule has 1 atom stereocenters. The Morgan fingerprint density at radius 3 is 1.37 bits per heavy atom. The first kappa shape index (κ1) is 47.8. The number of carbonyl (C=O) groups excluding carboxylic acids is 2. The zero-order chi connectivity index (χ0) is 35.9. The summed E-state index contributed by atoms with van der Waals surface area (Å²) in [6.07, 6.45) is 35.8. The number of nitrogens with one attached hydrogen (secondary N) is 1. The quantitative estimate of drug-likeness (QED) is 0.0487. The molecule has 292 valence electrons. The van der Waals surface area contributed by atoms with Crippen molar-refractivity contribution in [3.05, 3.63) is 0 Å². The first-order chi connectivity index (χ1) is 24.0. The van der Waals surface area contributed by atoms with E-state index in [1.807, 2.05) is 0 Å². The molecule has 0 saturated carbocycles. The van der Waals surface area contributed by atoms with Crippen molar-refractivity contribution >= 4 is 11.9 Å². The van der Waals surface area contributed by atoms with Gasteiger partial charge in [0.2, 0.25) is 0 Å². The summed E-state index contributed by atoms with van der Waals surface area (Å²) in [5.41, 5.74) is 5.62. The second kappa shape index (κ2) is 39.6. The average Bonchev–Trinajstić information content (AvgIpc) is 3.10. The maximum absolute atomic E-state index is 12.7. The van der Waals surface area contributed by atoms with Gasteiger partial charge in [-0.25, -0.2) is 0 Å². The molecule has 0 rings (SSSR count). The van der Waals surface area contributed by atoms with Crippen molar-refractivity contribution in [2.75, 3.05) is 46.4 Å². The minimum absolute atomic E-state index is 0.130. The molecule has 3 N–H and O–H groups in total. The predicted molar refractivity (Wildman–Crippen MR) is 210 cm³/mol. The van der Waals surface area contributed by atoms with E-state index in [0.29, 0.717) is 25.9 Å². The predicted octanol–water partition coefficient (Wildman–Crippen LogP) is 10.7. The minimum atomic E-state index is -0.444. The van der Waals surface area contributed by atoms with Crippen LogP contribution in [0.2, 0.25) is 0 Å². The van der Waals surface area contributed by atoms with Crippen LogP contribution in [0.3, 0.4) is 0 Å². The monoisotopic (exact) mass is 696 g/mol. The van der Waals surface area contributed by atoms with E-state index in [2.05, 4.69) is 31.1 Å². The maximum Gasteiger partial charge on any atom is 0.306 e.